The van der Waals surface area contributed by atoms with Crippen LogP contribution in [0.25, 0.3) is 22.2 Å². The lowest BCUT2D eigenvalue weighted by molar-refractivity contribution is 1.17. The summed E-state index contributed by atoms with van der Waals surface area (Å²) in [5, 5.41) is 0. The minimum atomic E-state index is 0.792. The summed E-state index contributed by atoms with van der Waals surface area (Å²) in [6, 6.07) is 5.74. The van der Waals surface area contributed by atoms with Crippen molar-refractivity contribution in [1.82, 2.24) is 19.9 Å². The second kappa shape index (κ2) is 3.16. The quantitative estimate of drug-likeness (QED) is 0.649. The van der Waals surface area contributed by atoms with Crippen molar-refractivity contribution in [3.8, 4) is 11.1 Å². The standard InChI is InChI=1S/C11H8N4/c1-2-10-11(15-7-14-10)3-8(1)9-4-12-6-13-5-9/h1-7H,(H,14,15)/i/hD. The summed E-state index contributed by atoms with van der Waals surface area (Å²) in [7, 11) is 0. The van der Waals surface area contributed by atoms with E-state index in [4.69, 9.17) is 1.41 Å². The normalized spacial score (nSPS) is 11.6. The van der Waals surface area contributed by atoms with E-state index in [9.17, 15) is 0 Å². The van der Waals surface area contributed by atoms with Crippen molar-refractivity contribution in [3.05, 3.63) is 43.2 Å². The summed E-state index contributed by atoms with van der Waals surface area (Å²) >= 11 is 0. The first-order valence-corrected chi connectivity index (χ1v) is 4.56. The number of nitrogens with one attached hydrogen (secondary N) is 1. The van der Waals surface area contributed by atoms with E-state index in [1.807, 2.05) is 18.2 Å². The molecule has 4 nitrogen and oxygen atoms in total. The fraction of sp³-hybridized carbons (Fsp3) is 0. The molecule has 1 aromatic carbocycles. The molecule has 0 atom stereocenters. The van der Waals surface area contributed by atoms with E-state index in [-0.39, 0.29) is 0 Å². The number of benzene rings is 1. The van der Waals surface area contributed by atoms with Gasteiger partial charge in [-0.05, 0) is 17.7 Å². The maximum atomic E-state index is 7.55. The summed E-state index contributed by atoms with van der Waals surface area (Å²) in [6.45, 7) is 0. The number of rotatable bonds is 1. The van der Waals surface area contributed by atoms with Crippen molar-refractivity contribution in [3.63, 3.8) is 0 Å². The third-order valence-electron chi connectivity index (χ3n) is 2.26. The molecule has 2 heterocycles. The molecule has 0 aliphatic carbocycles. The van der Waals surface area contributed by atoms with Crippen LogP contribution in [0.1, 0.15) is 0 Å². The van der Waals surface area contributed by atoms with Crippen molar-refractivity contribution < 1.29 is 1.41 Å². The Morgan fingerprint density at radius 2 is 2.00 bits per heavy atom. The maximum Gasteiger partial charge on any atom is 0.168 e. The highest BCUT2D eigenvalue weighted by molar-refractivity contribution is 5.81. The van der Waals surface area contributed by atoms with E-state index in [0.717, 1.165) is 22.2 Å². The number of H-pyrrole nitrogens is 1. The number of aromatic nitrogens is 4. The average molecular weight is 197 g/mol. The van der Waals surface area contributed by atoms with Crippen LogP contribution in [0.5, 0.6) is 0 Å². The molecule has 0 saturated carbocycles. The molecule has 3 aromatic rings. The zero-order chi connectivity index (χ0) is 11.0. The molecular weight excluding hydrogens is 188 g/mol. The van der Waals surface area contributed by atoms with Crippen LogP contribution in [0.3, 0.4) is 0 Å². The van der Waals surface area contributed by atoms with Gasteiger partial charge < -0.3 is 4.98 Å². The lowest BCUT2D eigenvalue weighted by Crippen LogP contribution is -1.81. The predicted octanol–water partition coefficient (Wildman–Crippen LogP) is 2.02. The zero-order valence-corrected chi connectivity index (χ0v) is 7.83. The Bertz CT molecular complexity index is 633. The molecule has 1 N–H and O–H groups in total. The second-order valence-electron chi connectivity index (χ2n) is 3.20. The highest BCUT2D eigenvalue weighted by atomic mass is 14.9. The topological polar surface area (TPSA) is 54.5 Å². The number of fused-ring (bicyclic) bond motifs is 1. The van der Waals surface area contributed by atoms with Crippen LogP contribution in [0, 0.1) is 0 Å². The van der Waals surface area contributed by atoms with Crippen LogP contribution in [0.2, 0.25) is 1.41 Å². The van der Waals surface area contributed by atoms with Crippen molar-refractivity contribution in [2.24, 2.45) is 0 Å². The number of hydrogen-bond acceptors (Lipinski definition) is 3. The lowest BCUT2D eigenvalue weighted by Gasteiger charge is -1.99. The fourth-order valence-corrected chi connectivity index (χ4v) is 1.52. The Labute approximate surface area is 87.5 Å². The highest BCUT2D eigenvalue weighted by Crippen LogP contribution is 2.20. The molecule has 0 fully saturated rings. The van der Waals surface area contributed by atoms with E-state index in [1.165, 1.54) is 17.6 Å². The molecule has 2 aromatic heterocycles. The van der Waals surface area contributed by atoms with Crippen LogP contribution in [-0.4, -0.2) is 19.9 Å². The SMILES string of the molecule is [2H]n1cnc2cc(-c3cncnc3)ccc21. The van der Waals surface area contributed by atoms with Crippen LogP contribution in [-0.2, 0) is 0 Å². The van der Waals surface area contributed by atoms with Gasteiger partial charge in [0.2, 0.25) is 0 Å². The van der Waals surface area contributed by atoms with E-state index in [1.54, 1.807) is 12.4 Å². The molecule has 0 saturated heterocycles. The van der Waals surface area contributed by atoms with Crippen molar-refractivity contribution in [1.29, 1.82) is 0 Å². The first-order valence-electron chi connectivity index (χ1n) is 5.01. The summed E-state index contributed by atoms with van der Waals surface area (Å²) in [5.74, 6) is 0. The van der Waals surface area contributed by atoms with E-state index in [2.05, 4.69) is 15.0 Å². The third-order valence-corrected chi connectivity index (χ3v) is 2.26. The van der Waals surface area contributed by atoms with Gasteiger partial charge in [-0.15, -0.1) is 0 Å². The lowest BCUT2D eigenvalue weighted by atomic mass is 10.1. The molecule has 72 valence electrons. The van der Waals surface area contributed by atoms with E-state index < -0.39 is 0 Å². The molecule has 0 bridgehead atoms. The molecule has 15 heavy (non-hydrogen) atoms. The van der Waals surface area contributed by atoms with Gasteiger partial charge in [-0.3, -0.25) is 0 Å². The Morgan fingerprint density at radius 1 is 1.13 bits per heavy atom. The molecule has 3 rings (SSSR count). The van der Waals surface area contributed by atoms with Gasteiger partial charge in [-0.1, -0.05) is 6.07 Å². The summed E-state index contributed by atoms with van der Waals surface area (Å²) in [6.07, 6.45) is 6.49. The van der Waals surface area contributed by atoms with E-state index >= 15 is 0 Å². The fourth-order valence-electron chi connectivity index (χ4n) is 1.52. The zero-order valence-electron chi connectivity index (χ0n) is 8.83. The van der Waals surface area contributed by atoms with Crippen LogP contribution >= 0.6 is 0 Å². The summed E-state index contributed by atoms with van der Waals surface area (Å²) in [5.41, 5.74) is 3.55. The van der Waals surface area contributed by atoms with Gasteiger partial charge >= 0.3 is 0 Å². The van der Waals surface area contributed by atoms with Crippen molar-refractivity contribution in [2.45, 2.75) is 0 Å². The molecule has 0 unspecified atom stereocenters. The van der Waals surface area contributed by atoms with Crippen molar-refractivity contribution in [2.75, 3.05) is 0 Å². The van der Waals surface area contributed by atoms with Crippen LogP contribution in [0.15, 0.2) is 43.2 Å². The first kappa shape index (κ1) is 7.11. The number of aromatic amines is 1. The first-order chi connectivity index (χ1) is 7.84. The Balaban J connectivity index is 2.19. The minimum Gasteiger partial charge on any atom is -0.345 e. The van der Waals surface area contributed by atoms with Gasteiger partial charge in [0.25, 0.3) is 0 Å². The molecule has 0 radical (unpaired) electrons. The predicted molar refractivity (Wildman–Crippen MR) is 57.1 cm³/mol. The Kier molecular flexibility index (Phi) is 1.50. The Hall–Kier alpha value is -2.23. The van der Waals surface area contributed by atoms with Gasteiger partial charge in [-0.25, -0.2) is 15.0 Å². The van der Waals surface area contributed by atoms with Crippen LogP contribution in [0.4, 0.5) is 0 Å². The molecule has 0 spiro atoms. The minimum absolute atomic E-state index is 0.792. The van der Waals surface area contributed by atoms with Gasteiger partial charge in [0.05, 0.1) is 17.4 Å². The highest BCUT2D eigenvalue weighted by Gasteiger charge is 2.00. The molecule has 0 amide bonds. The monoisotopic (exact) mass is 197 g/mol. The average Bonchev–Trinajstić information content (AvgIpc) is 2.72. The van der Waals surface area contributed by atoms with Gasteiger partial charge in [0.15, 0.2) is 1.41 Å². The molecule has 4 heteroatoms. The molecule has 0 aliphatic rings. The van der Waals surface area contributed by atoms with Gasteiger partial charge in [-0.2, -0.15) is 0 Å². The van der Waals surface area contributed by atoms with E-state index in [0.29, 0.717) is 0 Å². The van der Waals surface area contributed by atoms with Crippen LogP contribution < -0.4 is 0 Å². The summed E-state index contributed by atoms with van der Waals surface area (Å²) < 4.78 is 7.55. The number of nitrogens with zero attached hydrogens (tertiary/aromatic N) is 3. The largest absolute Gasteiger partial charge is 0.345 e. The molecule has 0 aliphatic heterocycles. The molecular formula is C11H8N4. The van der Waals surface area contributed by atoms with Gasteiger partial charge in [0.1, 0.15) is 6.33 Å². The third kappa shape index (κ3) is 1.36. The second-order valence-corrected chi connectivity index (χ2v) is 3.20. The van der Waals surface area contributed by atoms with Crippen molar-refractivity contribution >= 4 is 11.0 Å². The van der Waals surface area contributed by atoms with Gasteiger partial charge in [0, 0.05) is 18.0 Å². The smallest absolute Gasteiger partial charge is 0.168 e. The summed E-state index contributed by atoms with van der Waals surface area (Å²) in [4.78, 5) is 13.3. The number of hydrogen-bond donors (Lipinski definition) is 1. The number of imidazole rings is 1. The Morgan fingerprint density at radius 3 is 2.87 bits per heavy atom. The maximum absolute atomic E-state index is 7.55.